The van der Waals surface area contributed by atoms with E-state index < -0.39 is 0 Å². The maximum atomic E-state index is 12.7. The van der Waals surface area contributed by atoms with Gasteiger partial charge in [0.05, 0.1) is 0 Å². The Labute approximate surface area is 146 Å². The minimum atomic E-state index is 0.132. The summed E-state index contributed by atoms with van der Waals surface area (Å²) in [5, 5.41) is 0. The van der Waals surface area contributed by atoms with Crippen molar-refractivity contribution in [2.24, 2.45) is 0 Å². The Morgan fingerprint density at radius 1 is 0.957 bits per heavy atom. The first-order chi connectivity index (χ1) is 11.2. The molecule has 3 rings (SSSR count). The fraction of sp³-hybridized carbons (Fsp3) is 0.316. The molecule has 1 saturated heterocycles. The third-order valence-corrected chi connectivity index (χ3v) is 4.69. The highest BCUT2D eigenvalue weighted by atomic mass is 79.9. The average Bonchev–Trinajstić information content (AvgIpc) is 2.81. The van der Waals surface area contributed by atoms with Gasteiger partial charge >= 0.3 is 0 Å². The fourth-order valence-electron chi connectivity index (χ4n) is 2.98. The number of rotatable bonds is 3. The SMILES string of the molecule is O=C(c1cccc(Br)c1)N1CCCN(Cc2ccccc2)CC1. The largest absolute Gasteiger partial charge is 0.337 e. The lowest BCUT2D eigenvalue weighted by molar-refractivity contribution is 0.0761. The first-order valence-corrected chi connectivity index (χ1v) is 8.83. The molecule has 1 aliphatic heterocycles. The average molecular weight is 373 g/mol. The van der Waals surface area contributed by atoms with Crippen LogP contribution in [0, 0.1) is 0 Å². The van der Waals surface area contributed by atoms with Crippen molar-refractivity contribution in [3.05, 3.63) is 70.2 Å². The second-order valence-electron chi connectivity index (χ2n) is 5.92. The smallest absolute Gasteiger partial charge is 0.253 e. The normalized spacial score (nSPS) is 16.1. The Hall–Kier alpha value is -1.65. The van der Waals surface area contributed by atoms with E-state index in [1.54, 1.807) is 0 Å². The molecule has 1 aliphatic rings. The van der Waals surface area contributed by atoms with Crippen LogP contribution < -0.4 is 0 Å². The highest BCUT2D eigenvalue weighted by Crippen LogP contribution is 2.15. The van der Waals surface area contributed by atoms with Crippen molar-refractivity contribution in [1.29, 1.82) is 0 Å². The summed E-state index contributed by atoms with van der Waals surface area (Å²) in [6, 6.07) is 18.2. The molecule has 1 fully saturated rings. The molecule has 0 bridgehead atoms. The second-order valence-corrected chi connectivity index (χ2v) is 6.83. The van der Waals surface area contributed by atoms with E-state index in [1.165, 1.54) is 5.56 Å². The van der Waals surface area contributed by atoms with Crippen LogP contribution in [0.15, 0.2) is 59.1 Å². The Kier molecular flexibility index (Phi) is 5.47. The molecule has 120 valence electrons. The molecule has 0 spiro atoms. The molecule has 0 aromatic heterocycles. The summed E-state index contributed by atoms with van der Waals surface area (Å²) in [6.07, 6.45) is 1.02. The molecule has 0 atom stereocenters. The van der Waals surface area contributed by atoms with Crippen molar-refractivity contribution in [3.8, 4) is 0 Å². The van der Waals surface area contributed by atoms with Crippen molar-refractivity contribution in [2.45, 2.75) is 13.0 Å². The quantitative estimate of drug-likeness (QED) is 0.817. The molecule has 2 aromatic carbocycles. The van der Waals surface area contributed by atoms with Gasteiger partial charge in [-0.3, -0.25) is 9.69 Å². The predicted molar refractivity (Wildman–Crippen MR) is 96.4 cm³/mol. The summed E-state index contributed by atoms with van der Waals surface area (Å²) >= 11 is 3.44. The van der Waals surface area contributed by atoms with Crippen LogP contribution in [-0.4, -0.2) is 41.9 Å². The molecule has 1 heterocycles. The van der Waals surface area contributed by atoms with Gasteiger partial charge < -0.3 is 4.90 Å². The monoisotopic (exact) mass is 372 g/mol. The van der Waals surface area contributed by atoms with Crippen LogP contribution >= 0.6 is 15.9 Å². The van der Waals surface area contributed by atoms with Gasteiger partial charge in [-0.05, 0) is 30.2 Å². The topological polar surface area (TPSA) is 23.6 Å². The zero-order chi connectivity index (χ0) is 16.1. The molecule has 23 heavy (non-hydrogen) atoms. The lowest BCUT2D eigenvalue weighted by Gasteiger charge is -2.22. The Morgan fingerprint density at radius 2 is 1.78 bits per heavy atom. The summed E-state index contributed by atoms with van der Waals surface area (Å²) in [5.74, 6) is 0.132. The molecular weight excluding hydrogens is 352 g/mol. The molecule has 0 aliphatic carbocycles. The zero-order valence-corrected chi connectivity index (χ0v) is 14.7. The second kappa shape index (κ2) is 7.75. The first-order valence-electron chi connectivity index (χ1n) is 8.03. The standard InChI is InChI=1S/C19H21BrN2O/c20-18-9-4-8-17(14-18)19(23)22-11-5-10-21(12-13-22)15-16-6-2-1-3-7-16/h1-4,6-9,14H,5,10-13,15H2. The van der Waals surface area contributed by atoms with E-state index >= 15 is 0 Å². The van der Waals surface area contributed by atoms with Crippen LogP contribution in [0.5, 0.6) is 0 Å². The van der Waals surface area contributed by atoms with Crippen LogP contribution in [0.3, 0.4) is 0 Å². The van der Waals surface area contributed by atoms with Crippen molar-refractivity contribution in [1.82, 2.24) is 9.80 Å². The van der Waals surface area contributed by atoms with Gasteiger partial charge in [-0.25, -0.2) is 0 Å². The molecule has 4 heteroatoms. The summed E-state index contributed by atoms with van der Waals surface area (Å²) < 4.78 is 0.948. The van der Waals surface area contributed by atoms with Crippen LogP contribution in [0.4, 0.5) is 0 Å². The number of amides is 1. The van der Waals surface area contributed by atoms with Gasteiger partial charge in [0.25, 0.3) is 5.91 Å². The molecular formula is C19H21BrN2O. The maximum Gasteiger partial charge on any atom is 0.253 e. The number of halogens is 1. The maximum absolute atomic E-state index is 12.7. The molecule has 0 unspecified atom stereocenters. The number of hydrogen-bond donors (Lipinski definition) is 0. The number of nitrogens with zero attached hydrogens (tertiary/aromatic N) is 2. The summed E-state index contributed by atoms with van der Waals surface area (Å²) in [5.41, 5.74) is 2.09. The van der Waals surface area contributed by atoms with Crippen molar-refractivity contribution < 1.29 is 4.79 Å². The van der Waals surface area contributed by atoms with Gasteiger partial charge in [0.1, 0.15) is 0 Å². The lowest BCUT2D eigenvalue weighted by atomic mass is 10.2. The van der Waals surface area contributed by atoms with Gasteiger partial charge in [0.2, 0.25) is 0 Å². The number of carbonyl (C=O) groups is 1. The minimum absolute atomic E-state index is 0.132. The highest BCUT2D eigenvalue weighted by Gasteiger charge is 2.20. The van der Waals surface area contributed by atoms with E-state index in [9.17, 15) is 4.79 Å². The van der Waals surface area contributed by atoms with E-state index in [-0.39, 0.29) is 5.91 Å². The van der Waals surface area contributed by atoms with Crippen LogP contribution in [0.25, 0.3) is 0 Å². The molecule has 1 amide bonds. The molecule has 2 aromatic rings. The molecule has 0 saturated carbocycles. The number of hydrogen-bond acceptors (Lipinski definition) is 2. The molecule has 0 radical (unpaired) electrons. The van der Waals surface area contributed by atoms with E-state index in [2.05, 4.69) is 45.1 Å². The molecule has 3 nitrogen and oxygen atoms in total. The minimum Gasteiger partial charge on any atom is -0.337 e. The van der Waals surface area contributed by atoms with E-state index in [1.807, 2.05) is 35.2 Å². The van der Waals surface area contributed by atoms with Crippen LogP contribution in [0.2, 0.25) is 0 Å². The van der Waals surface area contributed by atoms with Crippen molar-refractivity contribution >= 4 is 21.8 Å². The highest BCUT2D eigenvalue weighted by molar-refractivity contribution is 9.10. The predicted octanol–water partition coefficient (Wildman–Crippen LogP) is 3.80. The first kappa shape index (κ1) is 16.2. The van der Waals surface area contributed by atoms with Crippen molar-refractivity contribution in [3.63, 3.8) is 0 Å². The van der Waals surface area contributed by atoms with E-state index in [0.717, 1.165) is 49.2 Å². The van der Waals surface area contributed by atoms with Crippen LogP contribution in [0.1, 0.15) is 22.3 Å². The lowest BCUT2D eigenvalue weighted by Crippen LogP contribution is -2.35. The van der Waals surface area contributed by atoms with Crippen LogP contribution in [-0.2, 0) is 6.54 Å². The third kappa shape index (κ3) is 4.43. The van der Waals surface area contributed by atoms with Gasteiger partial charge in [0.15, 0.2) is 0 Å². The van der Waals surface area contributed by atoms with Gasteiger partial charge in [-0.1, -0.05) is 52.3 Å². The summed E-state index contributed by atoms with van der Waals surface area (Å²) in [7, 11) is 0. The van der Waals surface area contributed by atoms with Gasteiger partial charge in [-0.15, -0.1) is 0 Å². The number of carbonyl (C=O) groups excluding carboxylic acids is 1. The fourth-order valence-corrected chi connectivity index (χ4v) is 3.38. The van der Waals surface area contributed by atoms with E-state index in [4.69, 9.17) is 0 Å². The third-order valence-electron chi connectivity index (χ3n) is 4.20. The Bertz CT molecular complexity index is 659. The zero-order valence-electron chi connectivity index (χ0n) is 13.1. The summed E-state index contributed by atoms with van der Waals surface area (Å²) in [4.78, 5) is 17.1. The number of benzene rings is 2. The Balaban J connectivity index is 1.61. The van der Waals surface area contributed by atoms with Gasteiger partial charge in [0, 0.05) is 42.8 Å². The Morgan fingerprint density at radius 3 is 2.57 bits per heavy atom. The molecule has 0 N–H and O–H groups in total. The van der Waals surface area contributed by atoms with Gasteiger partial charge in [-0.2, -0.15) is 0 Å². The van der Waals surface area contributed by atoms with E-state index in [0.29, 0.717) is 0 Å². The summed E-state index contributed by atoms with van der Waals surface area (Å²) in [6.45, 7) is 4.54. The van der Waals surface area contributed by atoms with Crippen molar-refractivity contribution in [2.75, 3.05) is 26.2 Å².